The zero-order valence-electron chi connectivity index (χ0n) is 16.8. The van der Waals surface area contributed by atoms with Gasteiger partial charge in [-0.1, -0.05) is 23.9 Å². The molecule has 0 radical (unpaired) electrons. The molecule has 4 rings (SSSR count). The molecule has 0 saturated carbocycles. The molecular formula is C23H24N4O2S. The number of benzene rings is 1. The molecule has 2 amide bonds. The molecule has 1 aliphatic carbocycles. The van der Waals surface area contributed by atoms with Crippen LogP contribution in [0.3, 0.4) is 0 Å². The highest BCUT2D eigenvalue weighted by Crippen LogP contribution is 2.27. The van der Waals surface area contributed by atoms with Gasteiger partial charge in [0.25, 0.3) is 0 Å². The van der Waals surface area contributed by atoms with Gasteiger partial charge in [0.2, 0.25) is 11.8 Å². The maximum absolute atomic E-state index is 12.3. The van der Waals surface area contributed by atoms with Crippen LogP contribution in [-0.4, -0.2) is 29.1 Å². The molecule has 2 aromatic rings. The van der Waals surface area contributed by atoms with Gasteiger partial charge in [-0.25, -0.2) is 4.98 Å². The Labute approximate surface area is 180 Å². The van der Waals surface area contributed by atoms with Crippen molar-refractivity contribution >= 4 is 29.3 Å². The van der Waals surface area contributed by atoms with E-state index >= 15 is 0 Å². The minimum atomic E-state index is -0.0952. The van der Waals surface area contributed by atoms with E-state index in [-0.39, 0.29) is 17.6 Å². The van der Waals surface area contributed by atoms with Gasteiger partial charge in [-0.05, 0) is 61.4 Å². The number of rotatable bonds is 6. The zero-order valence-corrected chi connectivity index (χ0v) is 17.6. The van der Waals surface area contributed by atoms with E-state index in [1.54, 1.807) is 4.90 Å². The number of carbonyl (C=O) groups is 2. The van der Waals surface area contributed by atoms with Gasteiger partial charge in [0.05, 0.1) is 11.3 Å². The molecule has 0 unspecified atom stereocenters. The minimum absolute atomic E-state index is 0.0952. The molecule has 0 atom stereocenters. The molecule has 0 bridgehead atoms. The third-order valence-corrected chi connectivity index (χ3v) is 6.53. The number of aromatic nitrogens is 1. The van der Waals surface area contributed by atoms with Gasteiger partial charge in [0.1, 0.15) is 11.1 Å². The Morgan fingerprint density at radius 1 is 1.17 bits per heavy atom. The topological polar surface area (TPSA) is 86.1 Å². The van der Waals surface area contributed by atoms with Gasteiger partial charge in [-0.3, -0.25) is 9.59 Å². The number of nitrogens with zero attached hydrogens (tertiary/aromatic N) is 3. The summed E-state index contributed by atoms with van der Waals surface area (Å²) in [4.78, 5) is 30.6. The number of anilines is 1. The van der Waals surface area contributed by atoms with Crippen molar-refractivity contribution in [3.8, 4) is 6.07 Å². The van der Waals surface area contributed by atoms with Crippen molar-refractivity contribution in [2.24, 2.45) is 0 Å². The van der Waals surface area contributed by atoms with Gasteiger partial charge in [0, 0.05) is 30.9 Å². The van der Waals surface area contributed by atoms with Crippen LogP contribution in [0.2, 0.25) is 0 Å². The number of nitrogens with one attached hydrogen (secondary N) is 1. The fourth-order valence-electron chi connectivity index (χ4n) is 3.91. The molecule has 0 spiro atoms. The SMILES string of the molecule is N#Cc1cc2c(nc1SCC(=O)NCc1ccc(N3CCCC3=O)cc1)CCCC2. The van der Waals surface area contributed by atoms with Crippen molar-refractivity contribution in [2.45, 2.75) is 50.1 Å². The quantitative estimate of drug-likeness (QED) is 0.724. The molecule has 1 aromatic carbocycles. The lowest BCUT2D eigenvalue weighted by Gasteiger charge is -2.16. The van der Waals surface area contributed by atoms with Gasteiger partial charge < -0.3 is 10.2 Å². The molecule has 2 heterocycles. The Balaban J connectivity index is 1.30. The van der Waals surface area contributed by atoms with Gasteiger partial charge in [-0.15, -0.1) is 0 Å². The van der Waals surface area contributed by atoms with E-state index in [0.29, 0.717) is 23.6 Å². The number of fused-ring (bicyclic) bond motifs is 1. The first kappa shape index (κ1) is 20.4. The van der Waals surface area contributed by atoms with Gasteiger partial charge in [-0.2, -0.15) is 5.26 Å². The van der Waals surface area contributed by atoms with Crippen LogP contribution < -0.4 is 10.2 Å². The third-order valence-electron chi connectivity index (χ3n) is 5.54. The van der Waals surface area contributed by atoms with E-state index < -0.39 is 0 Å². The van der Waals surface area contributed by atoms with Crippen molar-refractivity contribution in [2.75, 3.05) is 17.2 Å². The van der Waals surface area contributed by atoms with E-state index in [4.69, 9.17) is 0 Å². The zero-order chi connectivity index (χ0) is 20.9. The van der Waals surface area contributed by atoms with Crippen LogP contribution in [0.15, 0.2) is 35.4 Å². The molecule has 7 heteroatoms. The van der Waals surface area contributed by atoms with Crippen LogP contribution in [0.4, 0.5) is 5.69 Å². The van der Waals surface area contributed by atoms with Crippen LogP contribution >= 0.6 is 11.8 Å². The molecule has 1 fully saturated rings. The predicted molar refractivity (Wildman–Crippen MR) is 116 cm³/mol. The second-order valence-corrected chi connectivity index (χ2v) is 8.61. The number of amides is 2. The summed E-state index contributed by atoms with van der Waals surface area (Å²) in [7, 11) is 0. The number of nitriles is 1. The molecule has 1 saturated heterocycles. The minimum Gasteiger partial charge on any atom is -0.351 e. The van der Waals surface area contributed by atoms with Crippen LogP contribution in [-0.2, 0) is 29.0 Å². The average Bonchev–Trinajstić information content (AvgIpc) is 3.21. The van der Waals surface area contributed by atoms with Crippen LogP contribution in [0.1, 0.15) is 48.1 Å². The summed E-state index contributed by atoms with van der Waals surface area (Å²) >= 11 is 1.32. The first-order chi connectivity index (χ1) is 14.6. The average molecular weight is 421 g/mol. The highest BCUT2D eigenvalue weighted by Gasteiger charge is 2.21. The fourth-order valence-corrected chi connectivity index (χ4v) is 4.71. The largest absolute Gasteiger partial charge is 0.351 e. The van der Waals surface area contributed by atoms with E-state index in [1.165, 1.54) is 17.3 Å². The molecule has 1 N–H and O–H groups in total. The number of thioether (sulfide) groups is 1. The fraction of sp³-hybridized carbons (Fsp3) is 0.391. The molecule has 1 aromatic heterocycles. The summed E-state index contributed by atoms with van der Waals surface area (Å²) in [5, 5.41) is 13.0. The van der Waals surface area contributed by atoms with Crippen LogP contribution in [0, 0.1) is 11.3 Å². The van der Waals surface area contributed by atoms with Crippen molar-refractivity contribution in [3.05, 3.63) is 52.7 Å². The van der Waals surface area contributed by atoms with Crippen LogP contribution in [0.25, 0.3) is 0 Å². The summed E-state index contributed by atoms with van der Waals surface area (Å²) in [5.41, 5.74) is 4.69. The lowest BCUT2D eigenvalue weighted by Crippen LogP contribution is -2.25. The number of carbonyl (C=O) groups excluding carboxylic acids is 2. The predicted octanol–water partition coefficient (Wildman–Crippen LogP) is 3.37. The summed E-state index contributed by atoms with van der Waals surface area (Å²) in [6, 6.07) is 11.9. The monoisotopic (exact) mass is 420 g/mol. The molecule has 154 valence electrons. The Hall–Kier alpha value is -2.85. The summed E-state index contributed by atoms with van der Waals surface area (Å²) in [5.74, 6) is 0.295. The van der Waals surface area contributed by atoms with E-state index in [2.05, 4.69) is 16.4 Å². The number of hydrogen-bond acceptors (Lipinski definition) is 5. The highest BCUT2D eigenvalue weighted by atomic mass is 32.2. The molecule has 30 heavy (non-hydrogen) atoms. The van der Waals surface area contributed by atoms with E-state index in [1.807, 2.05) is 30.3 Å². The summed E-state index contributed by atoms with van der Waals surface area (Å²) < 4.78 is 0. The maximum Gasteiger partial charge on any atom is 0.230 e. The number of pyridine rings is 1. The number of hydrogen-bond donors (Lipinski definition) is 1. The van der Waals surface area contributed by atoms with E-state index in [0.717, 1.165) is 55.6 Å². The smallest absolute Gasteiger partial charge is 0.230 e. The van der Waals surface area contributed by atoms with Crippen molar-refractivity contribution in [1.29, 1.82) is 5.26 Å². The molecule has 6 nitrogen and oxygen atoms in total. The summed E-state index contributed by atoms with van der Waals surface area (Å²) in [6.45, 7) is 1.20. The van der Waals surface area contributed by atoms with Crippen LogP contribution in [0.5, 0.6) is 0 Å². The molecule has 2 aliphatic rings. The van der Waals surface area contributed by atoms with E-state index in [9.17, 15) is 14.9 Å². The first-order valence-corrected chi connectivity index (χ1v) is 11.3. The van der Waals surface area contributed by atoms with Crippen molar-refractivity contribution in [1.82, 2.24) is 10.3 Å². The summed E-state index contributed by atoms with van der Waals surface area (Å²) in [6.07, 6.45) is 5.71. The Morgan fingerprint density at radius 2 is 1.97 bits per heavy atom. The second kappa shape index (κ2) is 9.31. The first-order valence-electron chi connectivity index (χ1n) is 10.4. The van der Waals surface area contributed by atoms with Crippen molar-refractivity contribution < 1.29 is 9.59 Å². The molecule has 1 aliphatic heterocycles. The lowest BCUT2D eigenvalue weighted by molar-refractivity contribution is -0.119. The second-order valence-electron chi connectivity index (χ2n) is 7.65. The maximum atomic E-state index is 12.3. The Bertz CT molecular complexity index is 997. The highest BCUT2D eigenvalue weighted by molar-refractivity contribution is 8.00. The molecular weight excluding hydrogens is 396 g/mol. The van der Waals surface area contributed by atoms with Gasteiger partial charge >= 0.3 is 0 Å². The van der Waals surface area contributed by atoms with Gasteiger partial charge in [0.15, 0.2) is 0 Å². The van der Waals surface area contributed by atoms with Crippen molar-refractivity contribution in [3.63, 3.8) is 0 Å². The Morgan fingerprint density at radius 3 is 2.70 bits per heavy atom. The Kier molecular flexibility index (Phi) is 6.34. The lowest BCUT2D eigenvalue weighted by atomic mass is 9.95. The normalized spacial score (nSPS) is 15.6. The third kappa shape index (κ3) is 4.65. The standard InChI is InChI=1S/C23H24N4O2S/c24-13-18-12-17-4-1-2-5-20(17)26-23(18)30-15-21(28)25-14-16-7-9-19(10-8-16)27-11-3-6-22(27)29/h7-10,12H,1-6,11,14-15H2,(H,25,28). The number of aryl methyl sites for hydroxylation is 2.